The molecule has 0 bridgehead atoms. The van der Waals surface area contributed by atoms with Gasteiger partial charge in [0.25, 0.3) is 0 Å². The molecule has 104 valence electrons. The van der Waals surface area contributed by atoms with E-state index in [9.17, 15) is 0 Å². The van der Waals surface area contributed by atoms with Crippen LogP contribution in [0.25, 0.3) is 11.1 Å². The first-order valence-corrected chi connectivity index (χ1v) is 7.08. The summed E-state index contributed by atoms with van der Waals surface area (Å²) < 4.78 is 0. The van der Waals surface area contributed by atoms with E-state index in [1.54, 1.807) is 0 Å². The van der Waals surface area contributed by atoms with E-state index in [-0.39, 0.29) is 0 Å². The van der Waals surface area contributed by atoms with Crippen LogP contribution in [0.5, 0.6) is 0 Å². The van der Waals surface area contributed by atoms with Gasteiger partial charge in [0.2, 0.25) is 5.95 Å². The van der Waals surface area contributed by atoms with E-state index in [0.717, 1.165) is 31.0 Å². The van der Waals surface area contributed by atoms with Gasteiger partial charge in [-0.3, -0.25) is 0 Å². The molecule has 1 aromatic carbocycles. The summed E-state index contributed by atoms with van der Waals surface area (Å²) in [5, 5.41) is 3.31. The minimum Gasteiger partial charge on any atom is -0.339 e. The highest BCUT2D eigenvalue weighted by Gasteiger charge is 2.22. The average molecular weight is 268 g/mol. The zero-order valence-electron chi connectivity index (χ0n) is 12.0. The van der Waals surface area contributed by atoms with Gasteiger partial charge in [-0.05, 0) is 31.5 Å². The number of benzene rings is 1. The summed E-state index contributed by atoms with van der Waals surface area (Å²) in [5.74, 6) is 0.833. The lowest BCUT2D eigenvalue weighted by molar-refractivity contribution is 0.616. The van der Waals surface area contributed by atoms with E-state index in [4.69, 9.17) is 0 Å². The van der Waals surface area contributed by atoms with Gasteiger partial charge in [0.05, 0.1) is 0 Å². The molecule has 4 heteroatoms. The summed E-state index contributed by atoms with van der Waals surface area (Å²) in [7, 11) is 2.01. The van der Waals surface area contributed by atoms with Crippen molar-refractivity contribution in [2.24, 2.45) is 0 Å². The summed E-state index contributed by atoms with van der Waals surface area (Å²) in [5.41, 5.74) is 3.53. The lowest BCUT2D eigenvalue weighted by atomic mass is 10.0. The summed E-state index contributed by atoms with van der Waals surface area (Å²) in [6.07, 6.45) is 5.01. The predicted molar refractivity (Wildman–Crippen MR) is 81.9 cm³/mol. The highest BCUT2D eigenvalue weighted by Crippen LogP contribution is 2.23. The van der Waals surface area contributed by atoms with Gasteiger partial charge in [-0.15, -0.1) is 0 Å². The van der Waals surface area contributed by atoms with Gasteiger partial charge in [0.15, 0.2) is 0 Å². The van der Waals surface area contributed by atoms with Gasteiger partial charge in [-0.2, -0.15) is 0 Å². The van der Waals surface area contributed by atoms with Crippen LogP contribution in [0.15, 0.2) is 36.7 Å². The van der Waals surface area contributed by atoms with Crippen LogP contribution < -0.4 is 10.2 Å². The second kappa shape index (κ2) is 5.59. The molecule has 0 spiro atoms. The van der Waals surface area contributed by atoms with E-state index in [1.807, 2.05) is 25.5 Å². The van der Waals surface area contributed by atoms with Crippen LogP contribution >= 0.6 is 0 Å². The number of nitrogens with one attached hydrogen (secondary N) is 1. The van der Waals surface area contributed by atoms with Gasteiger partial charge < -0.3 is 10.2 Å². The van der Waals surface area contributed by atoms with Crippen molar-refractivity contribution in [1.82, 2.24) is 15.3 Å². The first-order chi connectivity index (χ1) is 9.78. The molecule has 2 heterocycles. The fraction of sp³-hybridized carbons (Fsp3) is 0.375. The van der Waals surface area contributed by atoms with Crippen LogP contribution in [0.1, 0.15) is 12.0 Å². The number of hydrogen-bond acceptors (Lipinski definition) is 4. The molecule has 1 aliphatic rings. The topological polar surface area (TPSA) is 41.0 Å². The Labute approximate surface area is 119 Å². The quantitative estimate of drug-likeness (QED) is 0.927. The maximum absolute atomic E-state index is 4.53. The molecule has 1 unspecified atom stereocenters. The third kappa shape index (κ3) is 2.51. The Morgan fingerprint density at radius 3 is 2.60 bits per heavy atom. The molecule has 1 fully saturated rings. The Hall–Kier alpha value is -1.94. The molecule has 1 N–H and O–H groups in total. The van der Waals surface area contributed by atoms with Gasteiger partial charge >= 0.3 is 0 Å². The van der Waals surface area contributed by atoms with Crippen molar-refractivity contribution in [3.8, 4) is 11.1 Å². The van der Waals surface area contributed by atoms with Crippen molar-refractivity contribution in [3.63, 3.8) is 0 Å². The lowest BCUT2D eigenvalue weighted by Gasteiger charge is -2.16. The zero-order valence-corrected chi connectivity index (χ0v) is 12.0. The molecular weight excluding hydrogens is 248 g/mol. The Morgan fingerprint density at radius 2 is 1.95 bits per heavy atom. The molecular formula is C16H20N4. The van der Waals surface area contributed by atoms with Gasteiger partial charge in [-0.1, -0.05) is 24.3 Å². The Bertz CT molecular complexity index is 579. The van der Waals surface area contributed by atoms with Crippen molar-refractivity contribution in [1.29, 1.82) is 0 Å². The van der Waals surface area contributed by atoms with Gasteiger partial charge in [0.1, 0.15) is 0 Å². The van der Waals surface area contributed by atoms with Crippen molar-refractivity contribution >= 4 is 5.95 Å². The van der Waals surface area contributed by atoms with Crippen molar-refractivity contribution in [3.05, 3.63) is 42.2 Å². The van der Waals surface area contributed by atoms with Crippen molar-refractivity contribution < 1.29 is 0 Å². The minimum atomic E-state index is 0.551. The molecule has 1 aromatic heterocycles. The van der Waals surface area contributed by atoms with Gasteiger partial charge in [0, 0.05) is 37.1 Å². The van der Waals surface area contributed by atoms with E-state index in [1.165, 1.54) is 11.1 Å². The number of hydrogen-bond donors (Lipinski definition) is 1. The Morgan fingerprint density at radius 1 is 1.20 bits per heavy atom. The first-order valence-electron chi connectivity index (χ1n) is 7.08. The Kier molecular flexibility index (Phi) is 3.65. The summed E-state index contributed by atoms with van der Waals surface area (Å²) in [6.45, 7) is 4.12. The van der Waals surface area contributed by atoms with E-state index >= 15 is 0 Å². The molecule has 1 saturated heterocycles. The third-order valence-corrected chi connectivity index (χ3v) is 3.97. The third-order valence-electron chi connectivity index (χ3n) is 3.97. The van der Waals surface area contributed by atoms with Crippen molar-refractivity contribution in [2.75, 3.05) is 25.0 Å². The molecule has 0 radical (unpaired) electrons. The minimum absolute atomic E-state index is 0.551. The summed E-state index contributed by atoms with van der Waals surface area (Å²) >= 11 is 0. The molecule has 1 atom stereocenters. The standard InChI is InChI=1S/C16H20N4/c1-12-5-3-4-6-15(12)13-9-18-16(19-10-13)20-8-7-14(11-20)17-2/h3-6,9-10,14,17H,7-8,11H2,1-2H3. The lowest BCUT2D eigenvalue weighted by Crippen LogP contribution is -2.30. The monoisotopic (exact) mass is 268 g/mol. The zero-order chi connectivity index (χ0) is 13.9. The summed E-state index contributed by atoms with van der Waals surface area (Å²) in [4.78, 5) is 11.3. The number of likely N-dealkylation sites (N-methyl/N-ethyl adjacent to an activating group) is 1. The van der Waals surface area contributed by atoms with Crippen LogP contribution in [0.2, 0.25) is 0 Å². The highest BCUT2D eigenvalue weighted by atomic mass is 15.3. The van der Waals surface area contributed by atoms with Crippen LogP contribution in [0.4, 0.5) is 5.95 Å². The van der Waals surface area contributed by atoms with E-state index < -0.39 is 0 Å². The molecule has 3 rings (SSSR count). The van der Waals surface area contributed by atoms with Crippen LogP contribution in [0.3, 0.4) is 0 Å². The molecule has 2 aromatic rings. The van der Waals surface area contributed by atoms with Crippen molar-refractivity contribution in [2.45, 2.75) is 19.4 Å². The smallest absolute Gasteiger partial charge is 0.225 e. The second-order valence-electron chi connectivity index (χ2n) is 5.31. The normalized spacial score (nSPS) is 18.5. The van der Waals surface area contributed by atoms with Crippen LogP contribution in [-0.2, 0) is 0 Å². The maximum atomic E-state index is 4.53. The molecule has 0 saturated carbocycles. The molecule has 0 amide bonds. The predicted octanol–water partition coefficient (Wildman–Crippen LogP) is 2.25. The number of aryl methyl sites for hydroxylation is 1. The highest BCUT2D eigenvalue weighted by molar-refractivity contribution is 5.65. The second-order valence-corrected chi connectivity index (χ2v) is 5.31. The number of nitrogens with zero attached hydrogens (tertiary/aromatic N) is 3. The SMILES string of the molecule is CNC1CCN(c2ncc(-c3ccccc3C)cn2)C1. The molecule has 1 aliphatic heterocycles. The number of aromatic nitrogens is 2. The Balaban J connectivity index is 1.80. The van der Waals surface area contributed by atoms with E-state index in [0.29, 0.717) is 6.04 Å². The van der Waals surface area contributed by atoms with Gasteiger partial charge in [-0.25, -0.2) is 9.97 Å². The van der Waals surface area contributed by atoms with E-state index in [2.05, 4.69) is 45.3 Å². The first kappa shape index (κ1) is 13.1. The van der Waals surface area contributed by atoms with Crippen LogP contribution in [-0.4, -0.2) is 36.1 Å². The largest absolute Gasteiger partial charge is 0.339 e. The molecule has 20 heavy (non-hydrogen) atoms. The fourth-order valence-electron chi connectivity index (χ4n) is 2.70. The van der Waals surface area contributed by atoms with Crippen LogP contribution in [0, 0.1) is 6.92 Å². The number of rotatable bonds is 3. The molecule has 0 aliphatic carbocycles. The number of anilines is 1. The molecule has 4 nitrogen and oxygen atoms in total. The fourth-order valence-corrected chi connectivity index (χ4v) is 2.70. The average Bonchev–Trinajstić information content (AvgIpc) is 2.97. The maximum Gasteiger partial charge on any atom is 0.225 e. The summed E-state index contributed by atoms with van der Waals surface area (Å²) in [6, 6.07) is 8.88.